The van der Waals surface area contributed by atoms with Crippen LogP contribution in [0.2, 0.25) is 0 Å². The maximum Gasteiger partial charge on any atom is 0.335 e. The van der Waals surface area contributed by atoms with Gasteiger partial charge < -0.3 is 31.7 Å². The van der Waals surface area contributed by atoms with Gasteiger partial charge in [-0.05, 0) is 38.9 Å². The minimum absolute atomic E-state index is 0.320. The summed E-state index contributed by atoms with van der Waals surface area (Å²) in [6.07, 6.45) is -1.60. The third kappa shape index (κ3) is 8.49. The minimum atomic E-state index is -2.10. The van der Waals surface area contributed by atoms with E-state index in [1.54, 1.807) is 0 Å². The molecule has 0 aliphatic carbocycles. The molecule has 19 heavy (non-hydrogen) atoms. The number of unbranched alkanes of at least 4 members (excludes halogenated alkanes) is 1. The Hall–Kier alpha value is -1.22. The first-order chi connectivity index (χ1) is 9.00. The maximum absolute atomic E-state index is 11.2. The standard InChI is InChI=1S/C11H23N3O5/c12-4-3-6-13-5-1-2-7-14-10(17)8(15)9(16)11(18)19/h8-9,13,15-16H,1-7,12H2,(H,14,17)(H,18,19). The predicted octanol–water partition coefficient (Wildman–Crippen LogP) is -2.37. The van der Waals surface area contributed by atoms with Gasteiger partial charge in [-0.1, -0.05) is 0 Å². The maximum atomic E-state index is 11.2. The normalized spacial score (nSPS) is 13.8. The second kappa shape index (κ2) is 10.7. The molecule has 8 heteroatoms. The number of carbonyl (C=O) groups is 2. The smallest absolute Gasteiger partial charge is 0.335 e. The van der Waals surface area contributed by atoms with Crippen LogP contribution in [0.1, 0.15) is 19.3 Å². The van der Waals surface area contributed by atoms with Crippen LogP contribution in [-0.2, 0) is 9.59 Å². The van der Waals surface area contributed by atoms with Crippen LogP contribution >= 0.6 is 0 Å². The van der Waals surface area contributed by atoms with Crippen molar-refractivity contribution in [3.05, 3.63) is 0 Å². The van der Waals surface area contributed by atoms with Crippen molar-refractivity contribution in [1.29, 1.82) is 0 Å². The Morgan fingerprint density at radius 1 is 1.00 bits per heavy atom. The zero-order valence-corrected chi connectivity index (χ0v) is 10.8. The molecule has 0 saturated heterocycles. The molecule has 2 atom stereocenters. The molecule has 0 aliphatic rings. The molecule has 2 unspecified atom stereocenters. The summed E-state index contributed by atoms with van der Waals surface area (Å²) in [7, 11) is 0. The number of carbonyl (C=O) groups excluding carboxylic acids is 1. The fourth-order valence-electron chi connectivity index (χ4n) is 1.32. The summed E-state index contributed by atoms with van der Waals surface area (Å²) >= 11 is 0. The average Bonchev–Trinajstić information content (AvgIpc) is 2.39. The second-order valence-corrected chi connectivity index (χ2v) is 4.12. The van der Waals surface area contributed by atoms with Gasteiger partial charge in [-0.2, -0.15) is 0 Å². The summed E-state index contributed by atoms with van der Waals surface area (Å²) < 4.78 is 0. The number of aliphatic carboxylic acids is 1. The Kier molecular flexibility index (Phi) is 9.99. The molecule has 0 heterocycles. The number of hydrogen-bond acceptors (Lipinski definition) is 6. The Balaban J connectivity index is 3.55. The number of amides is 1. The van der Waals surface area contributed by atoms with Gasteiger partial charge in [-0.15, -0.1) is 0 Å². The van der Waals surface area contributed by atoms with Gasteiger partial charge in [0.1, 0.15) is 0 Å². The van der Waals surface area contributed by atoms with E-state index >= 15 is 0 Å². The van der Waals surface area contributed by atoms with Crippen molar-refractivity contribution in [3.8, 4) is 0 Å². The molecule has 0 aromatic rings. The molecular formula is C11H23N3O5. The van der Waals surface area contributed by atoms with Crippen molar-refractivity contribution >= 4 is 11.9 Å². The lowest BCUT2D eigenvalue weighted by atomic mass is 10.2. The van der Waals surface area contributed by atoms with E-state index < -0.39 is 24.1 Å². The number of nitrogens with two attached hydrogens (primary N) is 1. The highest BCUT2D eigenvalue weighted by atomic mass is 16.4. The Labute approximate surface area is 112 Å². The van der Waals surface area contributed by atoms with Crippen molar-refractivity contribution in [2.24, 2.45) is 5.73 Å². The van der Waals surface area contributed by atoms with E-state index in [1.165, 1.54) is 0 Å². The van der Waals surface area contributed by atoms with Gasteiger partial charge in [0.2, 0.25) is 0 Å². The fourth-order valence-corrected chi connectivity index (χ4v) is 1.32. The zero-order valence-electron chi connectivity index (χ0n) is 10.8. The number of aliphatic hydroxyl groups excluding tert-OH is 2. The van der Waals surface area contributed by atoms with Crippen molar-refractivity contribution < 1.29 is 24.9 Å². The summed E-state index contributed by atoms with van der Waals surface area (Å²) in [4.78, 5) is 21.6. The molecule has 8 nitrogen and oxygen atoms in total. The molecule has 0 aromatic carbocycles. The first-order valence-electron chi connectivity index (χ1n) is 6.28. The highest BCUT2D eigenvalue weighted by Crippen LogP contribution is 1.94. The van der Waals surface area contributed by atoms with Gasteiger partial charge in [-0.3, -0.25) is 4.79 Å². The summed E-state index contributed by atoms with van der Waals surface area (Å²) in [5.74, 6) is -2.52. The van der Waals surface area contributed by atoms with Gasteiger partial charge >= 0.3 is 5.97 Å². The first-order valence-corrected chi connectivity index (χ1v) is 6.28. The SMILES string of the molecule is NCCCNCCCCNC(=O)C(O)C(O)C(=O)O. The molecular weight excluding hydrogens is 254 g/mol. The number of carboxylic acids is 1. The van der Waals surface area contributed by atoms with Crippen LogP contribution in [0, 0.1) is 0 Å². The van der Waals surface area contributed by atoms with Gasteiger partial charge in [0.25, 0.3) is 5.91 Å². The number of hydrogen-bond donors (Lipinski definition) is 6. The average molecular weight is 277 g/mol. The molecule has 0 aliphatic heterocycles. The number of nitrogens with one attached hydrogen (secondary N) is 2. The van der Waals surface area contributed by atoms with Gasteiger partial charge in [0.05, 0.1) is 0 Å². The van der Waals surface area contributed by atoms with Crippen molar-refractivity contribution in [2.75, 3.05) is 26.2 Å². The number of carboxylic acid groups (broad SMARTS) is 1. The van der Waals surface area contributed by atoms with E-state index in [0.29, 0.717) is 19.5 Å². The molecule has 0 aromatic heterocycles. The Morgan fingerprint density at radius 2 is 1.58 bits per heavy atom. The number of aliphatic hydroxyl groups is 2. The predicted molar refractivity (Wildman–Crippen MR) is 68.4 cm³/mol. The third-order valence-corrected chi connectivity index (χ3v) is 2.46. The lowest BCUT2D eigenvalue weighted by Gasteiger charge is -2.13. The zero-order chi connectivity index (χ0) is 14.7. The van der Waals surface area contributed by atoms with E-state index in [4.69, 9.17) is 15.9 Å². The molecule has 0 rings (SSSR count). The lowest BCUT2D eigenvalue weighted by molar-refractivity contribution is -0.158. The molecule has 7 N–H and O–H groups in total. The van der Waals surface area contributed by atoms with Crippen LogP contribution in [0.5, 0.6) is 0 Å². The van der Waals surface area contributed by atoms with Crippen LogP contribution in [0.4, 0.5) is 0 Å². The molecule has 0 spiro atoms. The Bertz CT molecular complexity index is 275. The molecule has 0 radical (unpaired) electrons. The quantitative estimate of drug-likeness (QED) is 0.231. The third-order valence-electron chi connectivity index (χ3n) is 2.46. The van der Waals surface area contributed by atoms with E-state index in [1.807, 2.05) is 0 Å². The van der Waals surface area contributed by atoms with Crippen LogP contribution in [0.3, 0.4) is 0 Å². The molecule has 1 amide bonds. The highest BCUT2D eigenvalue weighted by molar-refractivity contribution is 5.87. The highest BCUT2D eigenvalue weighted by Gasteiger charge is 2.29. The van der Waals surface area contributed by atoms with Crippen molar-refractivity contribution in [2.45, 2.75) is 31.5 Å². The summed E-state index contributed by atoms with van der Waals surface area (Å²) in [5, 5.41) is 32.1. The van der Waals surface area contributed by atoms with E-state index in [0.717, 1.165) is 25.9 Å². The van der Waals surface area contributed by atoms with Crippen molar-refractivity contribution in [3.63, 3.8) is 0 Å². The monoisotopic (exact) mass is 277 g/mol. The second-order valence-electron chi connectivity index (χ2n) is 4.12. The largest absolute Gasteiger partial charge is 0.479 e. The van der Waals surface area contributed by atoms with Crippen molar-refractivity contribution in [1.82, 2.24) is 10.6 Å². The van der Waals surface area contributed by atoms with Gasteiger partial charge in [0.15, 0.2) is 12.2 Å². The topological polar surface area (TPSA) is 145 Å². The number of rotatable bonds is 11. The summed E-state index contributed by atoms with van der Waals surface area (Å²) in [6.45, 7) is 2.62. The summed E-state index contributed by atoms with van der Waals surface area (Å²) in [6, 6.07) is 0. The van der Waals surface area contributed by atoms with Crippen LogP contribution in [0.15, 0.2) is 0 Å². The Morgan fingerprint density at radius 3 is 2.16 bits per heavy atom. The lowest BCUT2D eigenvalue weighted by Crippen LogP contribution is -2.45. The fraction of sp³-hybridized carbons (Fsp3) is 0.818. The van der Waals surface area contributed by atoms with Gasteiger partial charge in [-0.25, -0.2) is 4.79 Å². The first kappa shape index (κ1) is 17.8. The molecule has 0 saturated carbocycles. The minimum Gasteiger partial charge on any atom is -0.479 e. The molecule has 0 bridgehead atoms. The van der Waals surface area contributed by atoms with Crippen LogP contribution in [-0.4, -0.2) is 65.6 Å². The van der Waals surface area contributed by atoms with E-state index in [2.05, 4.69) is 10.6 Å². The summed E-state index contributed by atoms with van der Waals surface area (Å²) in [5.41, 5.74) is 5.32. The van der Waals surface area contributed by atoms with E-state index in [-0.39, 0.29) is 0 Å². The van der Waals surface area contributed by atoms with Crippen LogP contribution < -0.4 is 16.4 Å². The molecule has 0 fully saturated rings. The van der Waals surface area contributed by atoms with E-state index in [9.17, 15) is 14.7 Å². The van der Waals surface area contributed by atoms with Gasteiger partial charge in [0, 0.05) is 6.54 Å². The molecule has 112 valence electrons. The van der Waals surface area contributed by atoms with Crippen LogP contribution in [0.25, 0.3) is 0 Å².